The van der Waals surface area contributed by atoms with Gasteiger partial charge < -0.3 is 10.2 Å². The molecule has 4 rings (SSSR count). The molecule has 0 aromatic heterocycles. The highest BCUT2D eigenvalue weighted by molar-refractivity contribution is 7.86. The van der Waals surface area contributed by atoms with Crippen LogP contribution in [0.2, 0.25) is 0 Å². The molecule has 0 bridgehead atoms. The summed E-state index contributed by atoms with van der Waals surface area (Å²) < 4.78 is 66.4. The Kier molecular flexibility index (Phi) is 5.64. The van der Waals surface area contributed by atoms with Gasteiger partial charge in [0, 0.05) is 39.7 Å². The molecule has 0 heterocycles. The van der Waals surface area contributed by atoms with Crippen LogP contribution in [0.25, 0.3) is 21.5 Å². The Morgan fingerprint density at radius 3 is 2.00 bits per heavy atom. The Labute approximate surface area is 196 Å². The lowest BCUT2D eigenvalue weighted by Gasteiger charge is -2.09. The standard InChI is InChI=1S/C20H13N3O10S2/c24-16-3-1-2-12-14(16)6-10(7-18(12)34(28,29)30)21-22-20-13-5-4-11(23(26)27)8-15(13)19(9-17(20)25)35(31,32)33/h1-9,24-25H,(H,28,29,30)(H,31,32,33). The number of fused-ring (bicyclic) bond motifs is 2. The monoisotopic (exact) mass is 519 g/mol. The summed E-state index contributed by atoms with van der Waals surface area (Å²) in [6, 6.07) is 9.79. The van der Waals surface area contributed by atoms with Crippen LogP contribution < -0.4 is 0 Å². The van der Waals surface area contributed by atoms with E-state index in [-0.39, 0.29) is 38.7 Å². The van der Waals surface area contributed by atoms with Crippen LogP contribution in [-0.4, -0.2) is 41.1 Å². The van der Waals surface area contributed by atoms with Gasteiger partial charge in [0.05, 0.1) is 10.6 Å². The van der Waals surface area contributed by atoms with Crippen LogP contribution >= 0.6 is 0 Å². The van der Waals surface area contributed by atoms with E-state index < -0.39 is 46.4 Å². The first-order chi connectivity index (χ1) is 16.3. The van der Waals surface area contributed by atoms with Gasteiger partial charge in [-0.25, -0.2) is 0 Å². The molecule has 0 aliphatic heterocycles. The summed E-state index contributed by atoms with van der Waals surface area (Å²) in [4.78, 5) is 8.95. The number of non-ortho nitro benzene ring substituents is 1. The zero-order valence-corrected chi connectivity index (χ0v) is 18.7. The van der Waals surface area contributed by atoms with E-state index in [1.54, 1.807) is 0 Å². The van der Waals surface area contributed by atoms with Crippen LogP contribution in [0.1, 0.15) is 0 Å². The van der Waals surface area contributed by atoms with Crippen LogP contribution in [0.15, 0.2) is 74.6 Å². The van der Waals surface area contributed by atoms with Gasteiger partial charge in [-0.2, -0.15) is 21.9 Å². The highest BCUT2D eigenvalue weighted by Gasteiger charge is 2.22. The normalized spacial score (nSPS) is 12.5. The largest absolute Gasteiger partial charge is 0.507 e. The molecule has 0 saturated heterocycles. The maximum atomic E-state index is 11.9. The number of aromatic hydroxyl groups is 2. The molecule has 0 spiro atoms. The molecule has 0 aliphatic rings. The second kappa shape index (κ2) is 8.24. The smallest absolute Gasteiger partial charge is 0.295 e. The molecule has 0 saturated carbocycles. The van der Waals surface area contributed by atoms with E-state index in [2.05, 4.69) is 10.2 Å². The number of benzene rings is 4. The summed E-state index contributed by atoms with van der Waals surface area (Å²) in [6.07, 6.45) is 0. The molecule has 15 heteroatoms. The summed E-state index contributed by atoms with van der Waals surface area (Å²) in [6.45, 7) is 0. The first-order valence-corrected chi connectivity index (χ1v) is 12.2. The molecule has 0 atom stereocenters. The van der Waals surface area contributed by atoms with Gasteiger partial charge in [-0.15, -0.1) is 5.11 Å². The van der Waals surface area contributed by atoms with Crippen molar-refractivity contribution in [2.24, 2.45) is 10.2 Å². The van der Waals surface area contributed by atoms with Crippen molar-refractivity contribution < 1.29 is 41.1 Å². The second-order valence-electron chi connectivity index (χ2n) is 7.20. The molecule has 0 aliphatic carbocycles. The Morgan fingerprint density at radius 1 is 0.714 bits per heavy atom. The fourth-order valence-electron chi connectivity index (χ4n) is 3.48. The molecule has 180 valence electrons. The van der Waals surface area contributed by atoms with Crippen LogP contribution in [0.4, 0.5) is 17.1 Å². The zero-order valence-electron chi connectivity index (χ0n) is 17.1. The SMILES string of the molecule is O=[N+]([O-])c1ccc2c(N=Nc3cc(S(=O)(=O)O)c4cccc(O)c4c3)c(O)cc(S(=O)(=O)O)c2c1. The number of nitro benzene ring substituents is 1. The van der Waals surface area contributed by atoms with Gasteiger partial charge in [-0.3, -0.25) is 19.2 Å². The molecule has 0 amide bonds. The molecule has 35 heavy (non-hydrogen) atoms. The van der Waals surface area contributed by atoms with E-state index >= 15 is 0 Å². The molecule has 13 nitrogen and oxygen atoms in total. The molecular weight excluding hydrogens is 506 g/mol. The number of azo groups is 1. The Morgan fingerprint density at radius 2 is 1.37 bits per heavy atom. The molecule has 4 N–H and O–H groups in total. The lowest BCUT2D eigenvalue weighted by molar-refractivity contribution is -0.384. The van der Waals surface area contributed by atoms with Gasteiger partial charge in [0.15, 0.2) is 0 Å². The van der Waals surface area contributed by atoms with E-state index in [1.807, 2.05) is 0 Å². The maximum Gasteiger partial charge on any atom is 0.295 e. The summed E-state index contributed by atoms with van der Waals surface area (Å²) >= 11 is 0. The topological polar surface area (TPSA) is 217 Å². The van der Waals surface area contributed by atoms with Gasteiger partial charge in [0.1, 0.15) is 27.0 Å². The van der Waals surface area contributed by atoms with E-state index in [9.17, 15) is 46.3 Å². The van der Waals surface area contributed by atoms with Gasteiger partial charge in [0.25, 0.3) is 25.9 Å². The highest BCUT2D eigenvalue weighted by Crippen LogP contribution is 2.42. The Hall–Kier alpha value is -4.18. The third-order valence-electron chi connectivity index (χ3n) is 4.99. The predicted molar refractivity (Wildman–Crippen MR) is 122 cm³/mol. The summed E-state index contributed by atoms with van der Waals surface area (Å²) in [7, 11) is -9.66. The molecule has 0 radical (unpaired) electrons. The first kappa shape index (κ1) is 24.0. The molecule has 4 aromatic rings. The van der Waals surface area contributed by atoms with Crippen molar-refractivity contribution in [1.29, 1.82) is 0 Å². The third kappa shape index (κ3) is 4.47. The summed E-state index contributed by atoms with van der Waals surface area (Å²) in [5.74, 6) is -1.08. The van der Waals surface area contributed by atoms with Crippen molar-refractivity contribution in [3.63, 3.8) is 0 Å². The minimum absolute atomic E-state index is 0.00422. The number of nitrogens with zero attached hydrogens (tertiary/aromatic N) is 3. The van der Waals surface area contributed by atoms with Gasteiger partial charge >= 0.3 is 0 Å². The van der Waals surface area contributed by atoms with Crippen molar-refractivity contribution in [2.75, 3.05) is 0 Å². The number of nitro groups is 1. The van der Waals surface area contributed by atoms with Crippen LogP contribution in [-0.2, 0) is 20.2 Å². The minimum Gasteiger partial charge on any atom is -0.507 e. The maximum absolute atomic E-state index is 11.9. The van der Waals surface area contributed by atoms with Crippen LogP contribution in [0, 0.1) is 10.1 Å². The second-order valence-corrected chi connectivity index (χ2v) is 9.98. The average Bonchev–Trinajstić information content (AvgIpc) is 2.76. The van der Waals surface area contributed by atoms with Crippen molar-refractivity contribution in [3.05, 3.63) is 64.7 Å². The lowest BCUT2D eigenvalue weighted by atomic mass is 10.1. The average molecular weight is 519 g/mol. The van der Waals surface area contributed by atoms with E-state index in [0.717, 1.165) is 24.3 Å². The van der Waals surface area contributed by atoms with Gasteiger partial charge in [0.2, 0.25) is 0 Å². The number of phenols is 2. The quantitative estimate of drug-likeness (QED) is 0.127. The lowest BCUT2D eigenvalue weighted by Crippen LogP contribution is -2.00. The minimum atomic E-state index is -4.91. The summed E-state index contributed by atoms with van der Waals surface area (Å²) in [5, 5.41) is 38.8. The highest BCUT2D eigenvalue weighted by atomic mass is 32.2. The van der Waals surface area contributed by atoms with Crippen LogP contribution in [0.5, 0.6) is 11.5 Å². The Balaban J connectivity index is 1.98. The molecular formula is C20H13N3O10S2. The number of hydrogen-bond acceptors (Lipinski definition) is 10. The van der Waals surface area contributed by atoms with Crippen LogP contribution in [0.3, 0.4) is 0 Å². The Bertz CT molecular complexity index is 1800. The van der Waals surface area contributed by atoms with Crippen molar-refractivity contribution >= 4 is 58.8 Å². The van der Waals surface area contributed by atoms with Crippen molar-refractivity contribution in [3.8, 4) is 11.5 Å². The fourth-order valence-corrected chi connectivity index (χ4v) is 4.92. The fraction of sp³-hybridized carbons (Fsp3) is 0. The van der Waals surface area contributed by atoms with Crippen molar-refractivity contribution in [2.45, 2.75) is 9.79 Å². The zero-order chi connectivity index (χ0) is 25.7. The first-order valence-electron chi connectivity index (χ1n) is 9.34. The number of rotatable bonds is 5. The molecule has 0 fully saturated rings. The molecule has 0 unspecified atom stereocenters. The summed E-state index contributed by atoms with van der Waals surface area (Å²) in [5.41, 5.74) is -1.04. The predicted octanol–water partition coefficient (Wildman–Crippen LogP) is 4.22. The van der Waals surface area contributed by atoms with E-state index in [1.165, 1.54) is 24.3 Å². The van der Waals surface area contributed by atoms with E-state index in [0.29, 0.717) is 6.07 Å². The van der Waals surface area contributed by atoms with E-state index in [4.69, 9.17) is 0 Å². The van der Waals surface area contributed by atoms with Gasteiger partial charge in [-0.1, -0.05) is 12.1 Å². The van der Waals surface area contributed by atoms with Gasteiger partial charge in [-0.05, 0) is 24.3 Å². The van der Waals surface area contributed by atoms with Crippen molar-refractivity contribution in [1.82, 2.24) is 0 Å². The number of hydrogen-bond donors (Lipinski definition) is 4. The molecule has 4 aromatic carbocycles. The number of phenolic OH excluding ortho intramolecular Hbond substituents is 2. The third-order valence-corrected chi connectivity index (χ3v) is 6.77.